The number of benzene rings is 1. The van der Waals surface area contributed by atoms with E-state index in [-0.39, 0.29) is 29.6 Å². The van der Waals surface area contributed by atoms with Crippen LogP contribution in [0.2, 0.25) is 0 Å². The SMILES string of the molecule is CC1CCN(C(=O)c2ccc(N3C(=O)[C@@H]4CC=CC[C@H]4C3=O)cc2)CC1. The highest BCUT2D eigenvalue weighted by Crippen LogP contribution is 2.37. The van der Waals surface area contributed by atoms with Crippen LogP contribution >= 0.6 is 0 Å². The fourth-order valence-electron chi connectivity index (χ4n) is 4.20. The van der Waals surface area contributed by atoms with Gasteiger partial charge in [0.15, 0.2) is 0 Å². The molecule has 0 unspecified atom stereocenters. The van der Waals surface area contributed by atoms with Gasteiger partial charge in [-0.1, -0.05) is 19.1 Å². The van der Waals surface area contributed by atoms with E-state index in [0.29, 0.717) is 30.0 Å². The first-order valence-corrected chi connectivity index (χ1v) is 9.48. The standard InChI is InChI=1S/C21H24N2O3/c1-14-10-12-22(13-11-14)19(24)15-6-8-16(9-7-15)23-20(25)17-4-2-3-5-18(17)21(23)26/h2-3,6-9,14,17-18H,4-5,10-13H2,1H3/t17-,18-/m1/s1. The zero-order valence-electron chi connectivity index (χ0n) is 15.1. The molecule has 0 spiro atoms. The third-order valence-electron chi connectivity index (χ3n) is 5.95. The summed E-state index contributed by atoms with van der Waals surface area (Å²) in [4.78, 5) is 41.1. The highest BCUT2D eigenvalue weighted by atomic mass is 16.2. The van der Waals surface area contributed by atoms with Gasteiger partial charge < -0.3 is 4.90 Å². The van der Waals surface area contributed by atoms with Crippen molar-refractivity contribution < 1.29 is 14.4 Å². The Bertz CT molecular complexity index is 734. The minimum atomic E-state index is -0.232. The van der Waals surface area contributed by atoms with Crippen molar-refractivity contribution in [2.24, 2.45) is 17.8 Å². The molecule has 1 aliphatic carbocycles. The van der Waals surface area contributed by atoms with Crippen molar-refractivity contribution in [2.45, 2.75) is 32.6 Å². The van der Waals surface area contributed by atoms with E-state index < -0.39 is 0 Å². The second kappa shape index (κ2) is 6.71. The third-order valence-corrected chi connectivity index (χ3v) is 5.95. The second-order valence-corrected chi connectivity index (χ2v) is 7.69. The first kappa shape index (κ1) is 17.0. The van der Waals surface area contributed by atoms with Gasteiger partial charge in [-0.15, -0.1) is 0 Å². The summed E-state index contributed by atoms with van der Waals surface area (Å²) in [5.74, 6) is 0.00206. The highest BCUT2D eigenvalue weighted by Gasteiger charge is 2.47. The molecule has 0 aromatic heterocycles. The van der Waals surface area contributed by atoms with Crippen LogP contribution in [0.3, 0.4) is 0 Å². The van der Waals surface area contributed by atoms with E-state index in [4.69, 9.17) is 0 Å². The lowest BCUT2D eigenvalue weighted by Crippen LogP contribution is -2.38. The molecule has 2 saturated heterocycles. The van der Waals surface area contributed by atoms with E-state index in [2.05, 4.69) is 6.92 Å². The summed E-state index contributed by atoms with van der Waals surface area (Å²) in [5.41, 5.74) is 1.18. The molecule has 2 aliphatic heterocycles. The van der Waals surface area contributed by atoms with Crippen molar-refractivity contribution in [1.82, 2.24) is 4.90 Å². The zero-order chi connectivity index (χ0) is 18.3. The van der Waals surface area contributed by atoms with E-state index in [1.165, 1.54) is 4.90 Å². The Morgan fingerprint density at radius 3 is 2.00 bits per heavy atom. The molecule has 4 rings (SSSR count). The number of likely N-dealkylation sites (tertiary alicyclic amines) is 1. The maximum absolute atomic E-state index is 12.6. The Balaban J connectivity index is 1.50. The fraction of sp³-hybridized carbons (Fsp3) is 0.476. The molecule has 26 heavy (non-hydrogen) atoms. The molecule has 1 aromatic rings. The molecular formula is C21H24N2O3. The van der Waals surface area contributed by atoms with E-state index in [9.17, 15) is 14.4 Å². The summed E-state index contributed by atoms with van der Waals surface area (Å²) >= 11 is 0. The van der Waals surface area contributed by atoms with Gasteiger partial charge in [-0.2, -0.15) is 0 Å². The van der Waals surface area contributed by atoms with Crippen LogP contribution in [0.4, 0.5) is 5.69 Å². The van der Waals surface area contributed by atoms with Gasteiger partial charge >= 0.3 is 0 Å². The van der Waals surface area contributed by atoms with Crippen LogP contribution in [0.1, 0.15) is 43.0 Å². The molecule has 5 heteroatoms. The van der Waals surface area contributed by atoms with Crippen molar-refractivity contribution >= 4 is 23.4 Å². The van der Waals surface area contributed by atoms with E-state index >= 15 is 0 Å². The van der Waals surface area contributed by atoms with Gasteiger partial charge in [0.25, 0.3) is 5.91 Å². The molecule has 1 aromatic carbocycles. The van der Waals surface area contributed by atoms with Gasteiger partial charge in [-0.3, -0.25) is 19.3 Å². The minimum absolute atomic E-state index is 0.0281. The van der Waals surface area contributed by atoms with Crippen LogP contribution in [0.15, 0.2) is 36.4 Å². The molecule has 5 nitrogen and oxygen atoms in total. The maximum atomic E-state index is 12.6. The van der Waals surface area contributed by atoms with Gasteiger partial charge in [0, 0.05) is 18.7 Å². The lowest BCUT2D eigenvalue weighted by atomic mass is 9.85. The van der Waals surface area contributed by atoms with Crippen LogP contribution in [-0.4, -0.2) is 35.7 Å². The van der Waals surface area contributed by atoms with Gasteiger partial charge in [0.1, 0.15) is 0 Å². The van der Waals surface area contributed by atoms with Gasteiger partial charge in [0.2, 0.25) is 11.8 Å². The van der Waals surface area contributed by atoms with Crippen molar-refractivity contribution in [3.63, 3.8) is 0 Å². The summed E-state index contributed by atoms with van der Waals surface area (Å²) in [5, 5.41) is 0. The minimum Gasteiger partial charge on any atom is -0.339 e. The first-order chi connectivity index (χ1) is 12.6. The normalized spacial score (nSPS) is 26.3. The number of carbonyl (C=O) groups is 3. The Morgan fingerprint density at radius 1 is 0.923 bits per heavy atom. The average Bonchev–Trinajstić information content (AvgIpc) is 2.93. The molecule has 136 valence electrons. The highest BCUT2D eigenvalue weighted by molar-refractivity contribution is 6.22. The van der Waals surface area contributed by atoms with Crippen LogP contribution in [0, 0.1) is 17.8 Å². The molecule has 0 N–H and O–H groups in total. The monoisotopic (exact) mass is 352 g/mol. The predicted octanol–water partition coefficient (Wildman–Crippen LogP) is 3.01. The summed E-state index contributed by atoms with van der Waals surface area (Å²) in [6, 6.07) is 6.91. The number of hydrogen-bond donors (Lipinski definition) is 0. The largest absolute Gasteiger partial charge is 0.339 e. The molecule has 0 saturated carbocycles. The van der Waals surface area contributed by atoms with Crippen LogP contribution in [-0.2, 0) is 9.59 Å². The smallest absolute Gasteiger partial charge is 0.253 e. The summed E-state index contributed by atoms with van der Waals surface area (Å²) in [7, 11) is 0. The molecule has 2 fully saturated rings. The summed E-state index contributed by atoms with van der Waals surface area (Å²) in [6.07, 6.45) is 7.31. The predicted molar refractivity (Wildman–Crippen MR) is 98.6 cm³/mol. The topological polar surface area (TPSA) is 57.7 Å². The number of carbonyl (C=O) groups excluding carboxylic acids is 3. The lowest BCUT2D eigenvalue weighted by Gasteiger charge is -2.30. The molecule has 3 aliphatic rings. The van der Waals surface area contributed by atoms with Crippen molar-refractivity contribution in [2.75, 3.05) is 18.0 Å². The number of amides is 3. The number of rotatable bonds is 2. The third kappa shape index (κ3) is 2.85. The number of nitrogens with zero attached hydrogens (tertiary/aromatic N) is 2. The Morgan fingerprint density at radius 2 is 1.46 bits per heavy atom. The summed E-state index contributed by atoms with van der Waals surface area (Å²) < 4.78 is 0. The number of allylic oxidation sites excluding steroid dienone is 2. The van der Waals surface area contributed by atoms with Gasteiger partial charge in [-0.05, 0) is 55.9 Å². The summed E-state index contributed by atoms with van der Waals surface area (Å²) in [6.45, 7) is 3.80. The van der Waals surface area contributed by atoms with Crippen LogP contribution in [0.25, 0.3) is 0 Å². The van der Waals surface area contributed by atoms with Crippen LogP contribution < -0.4 is 4.90 Å². The van der Waals surface area contributed by atoms with Crippen LogP contribution in [0.5, 0.6) is 0 Å². The van der Waals surface area contributed by atoms with E-state index in [0.717, 1.165) is 25.9 Å². The number of imide groups is 1. The molecule has 0 radical (unpaired) electrons. The van der Waals surface area contributed by atoms with Gasteiger partial charge in [0.05, 0.1) is 17.5 Å². The zero-order valence-corrected chi connectivity index (χ0v) is 15.1. The number of piperidine rings is 1. The van der Waals surface area contributed by atoms with Crippen molar-refractivity contribution in [3.8, 4) is 0 Å². The maximum Gasteiger partial charge on any atom is 0.253 e. The quantitative estimate of drug-likeness (QED) is 0.607. The Kier molecular flexibility index (Phi) is 4.39. The van der Waals surface area contributed by atoms with Gasteiger partial charge in [-0.25, -0.2) is 0 Å². The second-order valence-electron chi connectivity index (χ2n) is 7.69. The molecule has 2 atom stereocenters. The van der Waals surface area contributed by atoms with Crippen molar-refractivity contribution in [3.05, 3.63) is 42.0 Å². The van der Waals surface area contributed by atoms with Crippen molar-refractivity contribution in [1.29, 1.82) is 0 Å². The molecule has 2 heterocycles. The fourth-order valence-corrected chi connectivity index (χ4v) is 4.20. The molecule has 3 amide bonds. The Hall–Kier alpha value is -2.43. The van der Waals surface area contributed by atoms with E-state index in [1.54, 1.807) is 24.3 Å². The average molecular weight is 352 g/mol. The number of fused-ring (bicyclic) bond motifs is 1. The molecular weight excluding hydrogens is 328 g/mol. The Labute approximate surface area is 153 Å². The number of anilines is 1. The first-order valence-electron chi connectivity index (χ1n) is 9.48. The molecule has 0 bridgehead atoms. The lowest BCUT2D eigenvalue weighted by molar-refractivity contribution is -0.122. The van der Waals surface area contributed by atoms with E-state index in [1.807, 2.05) is 17.1 Å². The number of hydrogen-bond acceptors (Lipinski definition) is 3.